The minimum atomic E-state index is -0.179. The monoisotopic (exact) mass is 316 g/mol. The zero-order chi connectivity index (χ0) is 16.3. The third-order valence-electron chi connectivity index (χ3n) is 3.60. The Balaban J connectivity index is 2.24. The van der Waals surface area contributed by atoms with Crippen molar-refractivity contribution in [2.24, 2.45) is 0 Å². The molecule has 0 spiro atoms. The van der Waals surface area contributed by atoms with E-state index in [0.717, 1.165) is 22.0 Å². The maximum atomic E-state index is 12.8. The summed E-state index contributed by atoms with van der Waals surface area (Å²) in [6.45, 7) is 10.8. The molecule has 0 N–H and O–H groups in total. The van der Waals surface area contributed by atoms with Gasteiger partial charge in [-0.15, -0.1) is 11.3 Å². The molecule has 0 saturated carbocycles. The van der Waals surface area contributed by atoms with Gasteiger partial charge in [0.2, 0.25) is 0 Å². The number of thiazole rings is 1. The highest BCUT2D eigenvalue weighted by Gasteiger charge is 2.28. The Morgan fingerprint density at radius 2 is 1.86 bits per heavy atom. The fourth-order valence-electron chi connectivity index (χ4n) is 2.54. The van der Waals surface area contributed by atoms with E-state index < -0.39 is 0 Å². The van der Waals surface area contributed by atoms with E-state index in [1.165, 1.54) is 16.9 Å². The van der Waals surface area contributed by atoms with E-state index in [9.17, 15) is 4.79 Å². The number of rotatable bonds is 4. The van der Waals surface area contributed by atoms with Gasteiger partial charge in [0, 0.05) is 18.5 Å². The Hall–Kier alpha value is -1.68. The molecular formula is C18H24N2OS. The van der Waals surface area contributed by atoms with Crippen LogP contribution in [0.3, 0.4) is 0 Å². The van der Waals surface area contributed by atoms with E-state index >= 15 is 0 Å². The van der Waals surface area contributed by atoms with Crippen LogP contribution < -0.4 is 0 Å². The van der Waals surface area contributed by atoms with Crippen LogP contribution in [0.2, 0.25) is 0 Å². The maximum Gasteiger partial charge on any atom is 0.266 e. The van der Waals surface area contributed by atoms with Gasteiger partial charge in [0.25, 0.3) is 5.91 Å². The van der Waals surface area contributed by atoms with Crippen molar-refractivity contribution in [2.75, 3.05) is 6.54 Å². The zero-order valence-corrected chi connectivity index (χ0v) is 14.8. The number of benzene rings is 1. The summed E-state index contributed by atoms with van der Waals surface area (Å²) in [6, 6.07) is 10.2. The third kappa shape index (κ3) is 3.74. The molecular weight excluding hydrogens is 292 g/mol. The predicted molar refractivity (Wildman–Crippen MR) is 92.6 cm³/mol. The molecule has 1 aromatic heterocycles. The van der Waals surface area contributed by atoms with Gasteiger partial charge in [0.15, 0.2) is 0 Å². The molecule has 2 aromatic rings. The van der Waals surface area contributed by atoms with Gasteiger partial charge in [0.05, 0.1) is 10.7 Å². The largest absolute Gasteiger partial charge is 0.333 e. The van der Waals surface area contributed by atoms with Gasteiger partial charge < -0.3 is 4.90 Å². The first-order valence-corrected chi connectivity index (χ1v) is 8.46. The van der Waals surface area contributed by atoms with Crippen LogP contribution in [-0.4, -0.2) is 27.9 Å². The normalized spacial score (nSPS) is 11.5. The second-order valence-electron chi connectivity index (χ2n) is 6.40. The summed E-state index contributed by atoms with van der Waals surface area (Å²) in [5.41, 5.74) is 1.88. The van der Waals surface area contributed by atoms with Gasteiger partial charge in [-0.25, -0.2) is 4.98 Å². The van der Waals surface area contributed by atoms with Crippen molar-refractivity contribution in [3.05, 3.63) is 51.5 Å². The van der Waals surface area contributed by atoms with Crippen molar-refractivity contribution >= 4 is 17.2 Å². The average Bonchev–Trinajstić information content (AvgIpc) is 2.79. The Morgan fingerprint density at radius 3 is 2.41 bits per heavy atom. The fraction of sp³-hybridized carbons (Fsp3) is 0.444. The van der Waals surface area contributed by atoms with Gasteiger partial charge in [-0.3, -0.25) is 4.79 Å². The SMILES string of the molecule is CCN(C(=O)c1sc(Cc2ccccc2)nc1C)C(C)(C)C. The summed E-state index contributed by atoms with van der Waals surface area (Å²) >= 11 is 1.52. The van der Waals surface area contributed by atoms with Gasteiger partial charge in [-0.05, 0) is 40.2 Å². The van der Waals surface area contributed by atoms with Crippen LogP contribution in [0.15, 0.2) is 30.3 Å². The van der Waals surface area contributed by atoms with Crippen LogP contribution in [0.1, 0.15) is 53.6 Å². The first kappa shape index (κ1) is 16.7. The number of carbonyl (C=O) groups excluding carboxylic acids is 1. The molecule has 0 aliphatic heterocycles. The van der Waals surface area contributed by atoms with E-state index in [4.69, 9.17) is 0 Å². The number of carbonyl (C=O) groups is 1. The van der Waals surface area contributed by atoms with E-state index in [2.05, 4.69) is 37.9 Å². The second-order valence-corrected chi connectivity index (χ2v) is 7.49. The topological polar surface area (TPSA) is 33.2 Å². The van der Waals surface area contributed by atoms with E-state index in [0.29, 0.717) is 6.54 Å². The lowest BCUT2D eigenvalue weighted by Crippen LogP contribution is -2.45. The molecule has 0 unspecified atom stereocenters. The second kappa shape index (κ2) is 6.61. The van der Waals surface area contributed by atoms with Crippen LogP contribution in [0.4, 0.5) is 0 Å². The van der Waals surface area contributed by atoms with Crippen molar-refractivity contribution in [3.8, 4) is 0 Å². The standard InChI is InChI=1S/C18H24N2OS/c1-6-20(18(3,4)5)17(21)16-13(2)19-15(22-16)12-14-10-8-7-9-11-14/h7-11H,6,12H2,1-5H3. The quantitative estimate of drug-likeness (QED) is 0.842. The van der Waals surface area contributed by atoms with Crippen LogP contribution in [-0.2, 0) is 6.42 Å². The van der Waals surface area contributed by atoms with Crippen LogP contribution in [0.5, 0.6) is 0 Å². The lowest BCUT2D eigenvalue weighted by atomic mass is 10.1. The van der Waals surface area contributed by atoms with Gasteiger partial charge in [-0.1, -0.05) is 30.3 Å². The molecule has 22 heavy (non-hydrogen) atoms. The predicted octanol–water partition coefficient (Wildman–Crippen LogP) is 4.30. The highest BCUT2D eigenvalue weighted by atomic mass is 32.1. The molecule has 0 fully saturated rings. The van der Waals surface area contributed by atoms with Crippen molar-refractivity contribution < 1.29 is 4.79 Å². The van der Waals surface area contributed by atoms with Gasteiger partial charge >= 0.3 is 0 Å². The Labute approximate surface area is 137 Å². The third-order valence-corrected chi connectivity index (χ3v) is 4.75. The van der Waals surface area contributed by atoms with Gasteiger partial charge in [0.1, 0.15) is 4.88 Å². The van der Waals surface area contributed by atoms with Crippen molar-refractivity contribution in [1.82, 2.24) is 9.88 Å². The van der Waals surface area contributed by atoms with Crippen molar-refractivity contribution in [3.63, 3.8) is 0 Å². The minimum Gasteiger partial charge on any atom is -0.333 e. The Kier molecular flexibility index (Phi) is 5.01. The molecule has 118 valence electrons. The molecule has 0 saturated heterocycles. The summed E-state index contributed by atoms with van der Waals surface area (Å²) in [5, 5.41) is 0.997. The highest BCUT2D eigenvalue weighted by molar-refractivity contribution is 7.13. The van der Waals surface area contributed by atoms with E-state index in [-0.39, 0.29) is 11.4 Å². The molecule has 3 nitrogen and oxygen atoms in total. The van der Waals surface area contributed by atoms with Crippen LogP contribution in [0.25, 0.3) is 0 Å². The van der Waals surface area contributed by atoms with Gasteiger partial charge in [-0.2, -0.15) is 0 Å². The summed E-state index contributed by atoms with van der Waals surface area (Å²) in [5.74, 6) is 0.0873. The summed E-state index contributed by atoms with van der Waals surface area (Å²) in [4.78, 5) is 20.1. The highest BCUT2D eigenvalue weighted by Crippen LogP contribution is 2.25. The number of amides is 1. The van der Waals surface area contributed by atoms with E-state index in [1.807, 2.05) is 36.9 Å². The molecule has 0 radical (unpaired) electrons. The molecule has 4 heteroatoms. The number of aryl methyl sites for hydroxylation is 1. The molecule has 0 bridgehead atoms. The smallest absolute Gasteiger partial charge is 0.266 e. The first-order chi connectivity index (χ1) is 10.3. The number of aromatic nitrogens is 1. The maximum absolute atomic E-state index is 12.8. The number of hydrogen-bond acceptors (Lipinski definition) is 3. The Bertz CT molecular complexity index is 641. The summed E-state index contributed by atoms with van der Waals surface area (Å²) < 4.78 is 0. The minimum absolute atomic E-state index is 0.0873. The molecule has 1 amide bonds. The summed E-state index contributed by atoms with van der Waals surface area (Å²) in [7, 11) is 0. The molecule has 0 aliphatic rings. The van der Waals surface area contributed by atoms with Crippen LogP contribution in [0, 0.1) is 6.92 Å². The summed E-state index contributed by atoms with van der Waals surface area (Å²) in [6.07, 6.45) is 0.779. The van der Waals surface area contributed by atoms with Crippen molar-refractivity contribution in [2.45, 2.75) is 46.6 Å². The molecule has 1 aromatic carbocycles. The molecule has 0 aliphatic carbocycles. The molecule has 0 atom stereocenters. The number of nitrogens with zero attached hydrogens (tertiary/aromatic N) is 2. The van der Waals surface area contributed by atoms with E-state index in [1.54, 1.807) is 0 Å². The molecule has 2 rings (SSSR count). The van der Waals surface area contributed by atoms with Crippen molar-refractivity contribution in [1.29, 1.82) is 0 Å². The Morgan fingerprint density at radius 1 is 1.23 bits per heavy atom. The zero-order valence-electron chi connectivity index (χ0n) is 14.0. The number of hydrogen-bond donors (Lipinski definition) is 0. The van der Waals surface area contributed by atoms with Crippen LogP contribution >= 0.6 is 11.3 Å². The molecule has 1 heterocycles. The lowest BCUT2D eigenvalue weighted by molar-refractivity contribution is 0.0603. The average molecular weight is 316 g/mol. The lowest BCUT2D eigenvalue weighted by Gasteiger charge is -2.34. The fourth-order valence-corrected chi connectivity index (χ4v) is 3.59. The first-order valence-electron chi connectivity index (χ1n) is 7.65.